The van der Waals surface area contributed by atoms with Gasteiger partial charge in [0.2, 0.25) is 0 Å². The number of hydrogen-bond acceptors (Lipinski definition) is 4. The van der Waals surface area contributed by atoms with Crippen LogP contribution in [0.2, 0.25) is 0 Å². The van der Waals surface area contributed by atoms with E-state index >= 15 is 0 Å². The third-order valence-electron chi connectivity index (χ3n) is 2.67. The summed E-state index contributed by atoms with van der Waals surface area (Å²) in [6.07, 6.45) is 0. The highest BCUT2D eigenvalue weighted by Gasteiger charge is 2.25. The second kappa shape index (κ2) is 5.48. The Labute approximate surface area is 106 Å². The summed E-state index contributed by atoms with van der Waals surface area (Å²) in [5.41, 5.74) is 5.75. The molecule has 1 aromatic carbocycles. The summed E-state index contributed by atoms with van der Waals surface area (Å²) in [5.74, 6) is -0.369. The first-order chi connectivity index (χ1) is 8.38. The molecule has 18 heavy (non-hydrogen) atoms. The molecule has 0 saturated heterocycles. The van der Waals surface area contributed by atoms with E-state index in [1.807, 2.05) is 20.8 Å². The number of anilines is 1. The smallest absolute Gasteiger partial charge is 0.282 e. The fraction of sp³-hybridized carbons (Fsp3) is 0.417. The summed E-state index contributed by atoms with van der Waals surface area (Å²) in [4.78, 5) is 24.2. The van der Waals surface area contributed by atoms with Crippen molar-refractivity contribution in [3.63, 3.8) is 0 Å². The quantitative estimate of drug-likeness (QED) is 0.503. The van der Waals surface area contributed by atoms with E-state index in [1.54, 1.807) is 4.90 Å². The van der Waals surface area contributed by atoms with Gasteiger partial charge in [0.05, 0.1) is 4.92 Å². The molecule has 0 bridgehead atoms. The van der Waals surface area contributed by atoms with Gasteiger partial charge in [-0.15, -0.1) is 0 Å². The van der Waals surface area contributed by atoms with Gasteiger partial charge >= 0.3 is 0 Å². The van der Waals surface area contributed by atoms with Crippen LogP contribution >= 0.6 is 0 Å². The molecule has 0 spiro atoms. The molecule has 0 fully saturated rings. The number of carbonyl (C=O) groups is 1. The minimum Gasteiger partial charge on any atom is -0.399 e. The summed E-state index contributed by atoms with van der Waals surface area (Å²) in [6.45, 7) is 6.04. The second-order valence-electron chi connectivity index (χ2n) is 4.22. The summed E-state index contributed by atoms with van der Waals surface area (Å²) in [5, 5.41) is 10.9. The molecule has 6 heteroatoms. The van der Waals surface area contributed by atoms with Crippen molar-refractivity contribution in [2.45, 2.75) is 26.8 Å². The van der Waals surface area contributed by atoms with Gasteiger partial charge in [0.1, 0.15) is 5.56 Å². The van der Waals surface area contributed by atoms with Gasteiger partial charge in [-0.3, -0.25) is 14.9 Å². The van der Waals surface area contributed by atoms with Crippen LogP contribution in [0.3, 0.4) is 0 Å². The molecule has 0 aliphatic heterocycles. The van der Waals surface area contributed by atoms with Gasteiger partial charge < -0.3 is 10.6 Å². The summed E-state index contributed by atoms with van der Waals surface area (Å²) in [7, 11) is 0. The topological polar surface area (TPSA) is 89.5 Å². The van der Waals surface area contributed by atoms with E-state index in [0.29, 0.717) is 12.2 Å². The number of amides is 1. The van der Waals surface area contributed by atoms with E-state index in [4.69, 9.17) is 5.73 Å². The van der Waals surface area contributed by atoms with Gasteiger partial charge in [-0.25, -0.2) is 0 Å². The molecular weight excluding hydrogens is 234 g/mol. The molecule has 1 aromatic rings. The van der Waals surface area contributed by atoms with Crippen LogP contribution in [0.4, 0.5) is 11.4 Å². The Balaban J connectivity index is 3.26. The first kappa shape index (κ1) is 14.0. The minimum absolute atomic E-state index is 0.0245. The largest absolute Gasteiger partial charge is 0.399 e. The van der Waals surface area contributed by atoms with Crippen molar-refractivity contribution in [2.75, 3.05) is 12.3 Å². The molecule has 6 nitrogen and oxygen atoms in total. The zero-order valence-electron chi connectivity index (χ0n) is 10.7. The molecule has 2 N–H and O–H groups in total. The summed E-state index contributed by atoms with van der Waals surface area (Å²) in [6, 6.07) is 4.01. The van der Waals surface area contributed by atoms with Crippen LogP contribution < -0.4 is 5.73 Å². The maximum Gasteiger partial charge on any atom is 0.282 e. The SMILES string of the molecule is CCN(C(=O)c1cc(N)ccc1[N+](=O)[O-])C(C)C. The minimum atomic E-state index is -0.569. The molecule has 0 aromatic heterocycles. The van der Waals surface area contributed by atoms with Crippen molar-refractivity contribution in [3.8, 4) is 0 Å². The van der Waals surface area contributed by atoms with E-state index < -0.39 is 4.92 Å². The lowest BCUT2D eigenvalue weighted by Gasteiger charge is -2.25. The van der Waals surface area contributed by atoms with E-state index in [9.17, 15) is 14.9 Å². The van der Waals surface area contributed by atoms with Gasteiger partial charge in [0.15, 0.2) is 0 Å². The van der Waals surface area contributed by atoms with Gasteiger partial charge in [-0.05, 0) is 32.9 Å². The van der Waals surface area contributed by atoms with Crippen LogP contribution in [0.1, 0.15) is 31.1 Å². The monoisotopic (exact) mass is 251 g/mol. The number of rotatable bonds is 4. The Bertz CT molecular complexity index is 472. The lowest BCUT2D eigenvalue weighted by molar-refractivity contribution is -0.385. The maximum atomic E-state index is 12.3. The molecule has 1 amide bonds. The Hall–Kier alpha value is -2.11. The summed E-state index contributed by atoms with van der Waals surface area (Å²) < 4.78 is 0. The number of benzene rings is 1. The number of hydrogen-bond donors (Lipinski definition) is 1. The first-order valence-corrected chi connectivity index (χ1v) is 5.73. The Morgan fingerprint density at radius 1 is 1.50 bits per heavy atom. The molecule has 0 aliphatic carbocycles. The van der Waals surface area contributed by atoms with Crippen molar-refractivity contribution in [3.05, 3.63) is 33.9 Å². The van der Waals surface area contributed by atoms with Crippen molar-refractivity contribution in [2.24, 2.45) is 0 Å². The van der Waals surface area contributed by atoms with Gasteiger partial charge in [-0.2, -0.15) is 0 Å². The van der Waals surface area contributed by atoms with Crippen LogP contribution in [0.5, 0.6) is 0 Å². The average Bonchev–Trinajstić information content (AvgIpc) is 2.28. The lowest BCUT2D eigenvalue weighted by Crippen LogP contribution is -2.37. The Morgan fingerprint density at radius 3 is 2.56 bits per heavy atom. The van der Waals surface area contributed by atoms with Crippen molar-refractivity contribution < 1.29 is 9.72 Å². The molecule has 0 atom stereocenters. The zero-order valence-corrected chi connectivity index (χ0v) is 10.7. The Kier molecular flexibility index (Phi) is 4.25. The van der Waals surface area contributed by atoms with E-state index in [2.05, 4.69) is 0 Å². The normalized spacial score (nSPS) is 10.4. The van der Waals surface area contributed by atoms with Crippen LogP contribution in [-0.2, 0) is 0 Å². The molecule has 98 valence electrons. The number of nitro benzene ring substituents is 1. The number of carbonyl (C=O) groups excluding carboxylic acids is 1. The van der Waals surface area contributed by atoms with Gasteiger partial charge in [0, 0.05) is 24.3 Å². The second-order valence-corrected chi connectivity index (χ2v) is 4.22. The van der Waals surface area contributed by atoms with Gasteiger partial charge in [-0.1, -0.05) is 0 Å². The Morgan fingerprint density at radius 2 is 2.11 bits per heavy atom. The van der Waals surface area contributed by atoms with Crippen LogP contribution in [0.25, 0.3) is 0 Å². The number of nitrogens with two attached hydrogens (primary N) is 1. The predicted molar refractivity (Wildman–Crippen MR) is 69.4 cm³/mol. The maximum absolute atomic E-state index is 12.3. The molecule has 0 saturated carbocycles. The molecule has 0 unspecified atom stereocenters. The number of nitrogen functional groups attached to an aromatic ring is 1. The zero-order chi connectivity index (χ0) is 13.9. The standard InChI is InChI=1S/C12H17N3O3/c1-4-14(8(2)3)12(16)10-7-9(13)5-6-11(10)15(17)18/h5-8H,4,13H2,1-3H3. The fourth-order valence-corrected chi connectivity index (χ4v) is 1.78. The highest BCUT2D eigenvalue weighted by molar-refractivity contribution is 5.99. The van der Waals surface area contributed by atoms with Crippen molar-refractivity contribution >= 4 is 17.3 Å². The van der Waals surface area contributed by atoms with Crippen LogP contribution in [0.15, 0.2) is 18.2 Å². The van der Waals surface area contributed by atoms with Crippen molar-refractivity contribution in [1.82, 2.24) is 4.90 Å². The third kappa shape index (κ3) is 2.77. The van der Waals surface area contributed by atoms with E-state index in [1.165, 1.54) is 18.2 Å². The highest BCUT2D eigenvalue weighted by Crippen LogP contribution is 2.23. The first-order valence-electron chi connectivity index (χ1n) is 5.73. The van der Waals surface area contributed by atoms with E-state index in [-0.39, 0.29) is 23.2 Å². The third-order valence-corrected chi connectivity index (χ3v) is 2.67. The summed E-state index contributed by atoms with van der Waals surface area (Å²) >= 11 is 0. The van der Waals surface area contributed by atoms with Crippen molar-refractivity contribution in [1.29, 1.82) is 0 Å². The average molecular weight is 251 g/mol. The fourth-order valence-electron chi connectivity index (χ4n) is 1.78. The molecule has 0 heterocycles. The van der Waals surface area contributed by atoms with Gasteiger partial charge in [0.25, 0.3) is 11.6 Å². The molecular formula is C12H17N3O3. The predicted octanol–water partition coefficient (Wildman–Crippen LogP) is 2.05. The van der Waals surface area contributed by atoms with Crippen LogP contribution in [0, 0.1) is 10.1 Å². The van der Waals surface area contributed by atoms with E-state index in [0.717, 1.165) is 0 Å². The van der Waals surface area contributed by atoms with Crippen LogP contribution in [-0.4, -0.2) is 28.3 Å². The number of nitro groups is 1. The molecule has 1 rings (SSSR count). The number of nitrogens with zero attached hydrogens (tertiary/aromatic N) is 2. The molecule has 0 radical (unpaired) electrons. The highest BCUT2D eigenvalue weighted by atomic mass is 16.6. The molecule has 0 aliphatic rings. The lowest BCUT2D eigenvalue weighted by atomic mass is 10.1.